The fourth-order valence-electron chi connectivity index (χ4n) is 3.32. The Morgan fingerprint density at radius 2 is 1.93 bits per heavy atom. The van der Waals surface area contributed by atoms with E-state index >= 15 is 0 Å². The van der Waals surface area contributed by atoms with Gasteiger partial charge in [-0.2, -0.15) is 0 Å². The number of esters is 1. The lowest BCUT2D eigenvalue weighted by molar-refractivity contribution is -0.148. The molecule has 0 spiro atoms. The maximum Gasteiger partial charge on any atom is 0.310 e. The highest BCUT2D eigenvalue weighted by Crippen LogP contribution is 2.30. The van der Waals surface area contributed by atoms with E-state index in [0.717, 1.165) is 27.7 Å². The maximum absolute atomic E-state index is 12.2. The van der Waals surface area contributed by atoms with E-state index in [1.54, 1.807) is 6.26 Å². The van der Waals surface area contributed by atoms with E-state index in [-0.39, 0.29) is 25.7 Å². The molecular weight excluding hydrogens is 386 g/mol. The molecule has 0 fully saturated rings. The summed E-state index contributed by atoms with van der Waals surface area (Å²) in [5, 5.41) is 3.58. The van der Waals surface area contributed by atoms with Gasteiger partial charge in [0.05, 0.1) is 19.2 Å². The van der Waals surface area contributed by atoms with E-state index in [2.05, 4.69) is 5.32 Å². The number of furan rings is 1. The third kappa shape index (κ3) is 4.25. The quantitative estimate of drug-likeness (QED) is 0.630. The van der Waals surface area contributed by atoms with Gasteiger partial charge in [0.2, 0.25) is 0 Å². The number of hydrogen-bond donors (Lipinski definition) is 1. The van der Waals surface area contributed by atoms with Gasteiger partial charge in [-0.15, -0.1) is 0 Å². The summed E-state index contributed by atoms with van der Waals surface area (Å²) in [5.74, 6) is 0.449. The van der Waals surface area contributed by atoms with Gasteiger partial charge in [-0.3, -0.25) is 9.59 Å². The highest BCUT2D eigenvalue weighted by molar-refractivity contribution is 5.89. The van der Waals surface area contributed by atoms with E-state index < -0.39 is 11.9 Å². The van der Waals surface area contributed by atoms with Gasteiger partial charge in [-0.25, -0.2) is 0 Å². The average Bonchev–Trinajstić information content (AvgIpc) is 3.16. The predicted octanol–water partition coefficient (Wildman–Crippen LogP) is 3.09. The van der Waals surface area contributed by atoms with Crippen LogP contribution in [-0.2, 0) is 20.7 Å². The maximum atomic E-state index is 12.2. The molecule has 0 saturated carbocycles. The Hall–Kier alpha value is -3.48. The Bertz CT molecular complexity index is 1090. The Kier molecular flexibility index (Phi) is 5.61. The van der Waals surface area contributed by atoms with Gasteiger partial charge in [0.25, 0.3) is 5.91 Å². The number of para-hydroxylation sites is 2. The zero-order valence-corrected chi connectivity index (χ0v) is 16.9. The molecule has 1 N–H and O–H groups in total. The van der Waals surface area contributed by atoms with Gasteiger partial charge in [-0.1, -0.05) is 24.3 Å². The molecule has 30 heavy (non-hydrogen) atoms. The first-order valence-electron chi connectivity index (χ1n) is 9.78. The van der Waals surface area contributed by atoms with Crippen molar-refractivity contribution in [1.82, 2.24) is 5.32 Å². The Morgan fingerprint density at radius 3 is 2.77 bits per heavy atom. The lowest BCUT2D eigenvalue weighted by atomic mass is 10.0. The topological polar surface area (TPSA) is 87.0 Å². The van der Waals surface area contributed by atoms with Gasteiger partial charge >= 0.3 is 5.97 Å². The summed E-state index contributed by atoms with van der Waals surface area (Å²) in [7, 11) is 0. The van der Waals surface area contributed by atoms with Crippen molar-refractivity contribution in [3.05, 3.63) is 59.4 Å². The largest absolute Gasteiger partial charge is 0.486 e. The molecule has 7 nitrogen and oxygen atoms in total. The normalized spacial score (nSPS) is 15.1. The Labute approximate surface area is 173 Å². The monoisotopic (exact) mass is 409 g/mol. The number of rotatable bonds is 6. The van der Waals surface area contributed by atoms with Crippen LogP contribution >= 0.6 is 0 Å². The van der Waals surface area contributed by atoms with E-state index in [9.17, 15) is 9.59 Å². The lowest BCUT2D eigenvalue weighted by Crippen LogP contribution is -2.42. The second-order valence-electron chi connectivity index (χ2n) is 7.28. The van der Waals surface area contributed by atoms with Crippen LogP contribution in [0.3, 0.4) is 0 Å². The van der Waals surface area contributed by atoms with Crippen LogP contribution in [0.15, 0.2) is 47.1 Å². The first-order chi connectivity index (χ1) is 14.5. The number of aryl methyl sites for hydroxylation is 2. The van der Waals surface area contributed by atoms with Gasteiger partial charge in [0, 0.05) is 10.9 Å². The highest BCUT2D eigenvalue weighted by Gasteiger charge is 2.21. The minimum Gasteiger partial charge on any atom is -0.486 e. The smallest absolute Gasteiger partial charge is 0.310 e. The number of ether oxygens (including phenoxy) is 3. The van der Waals surface area contributed by atoms with Crippen molar-refractivity contribution in [2.45, 2.75) is 26.4 Å². The van der Waals surface area contributed by atoms with Crippen LogP contribution in [-0.4, -0.2) is 37.7 Å². The summed E-state index contributed by atoms with van der Waals surface area (Å²) in [6, 6.07) is 11.3. The summed E-state index contributed by atoms with van der Waals surface area (Å²) < 4.78 is 22.1. The molecule has 0 unspecified atom stereocenters. The lowest BCUT2D eigenvalue weighted by Gasteiger charge is -2.26. The van der Waals surface area contributed by atoms with Gasteiger partial charge in [-0.05, 0) is 37.1 Å². The molecule has 0 saturated heterocycles. The van der Waals surface area contributed by atoms with Gasteiger partial charge in [0.1, 0.15) is 18.3 Å². The second-order valence-corrected chi connectivity index (χ2v) is 7.28. The third-order valence-electron chi connectivity index (χ3n) is 5.14. The van der Waals surface area contributed by atoms with E-state index in [0.29, 0.717) is 18.1 Å². The van der Waals surface area contributed by atoms with Gasteiger partial charge < -0.3 is 23.9 Å². The van der Waals surface area contributed by atoms with Crippen molar-refractivity contribution in [1.29, 1.82) is 0 Å². The summed E-state index contributed by atoms with van der Waals surface area (Å²) in [6.45, 7) is 4.23. The van der Waals surface area contributed by atoms with Crippen LogP contribution < -0.4 is 14.8 Å². The molecule has 2 aromatic carbocycles. The second kappa shape index (κ2) is 8.49. The summed E-state index contributed by atoms with van der Waals surface area (Å²) >= 11 is 0. The zero-order valence-electron chi connectivity index (χ0n) is 16.9. The molecule has 4 rings (SSSR count). The van der Waals surface area contributed by atoms with Crippen LogP contribution in [0.1, 0.15) is 16.7 Å². The van der Waals surface area contributed by atoms with Crippen LogP contribution in [0, 0.1) is 13.8 Å². The Balaban J connectivity index is 1.24. The van der Waals surface area contributed by atoms with E-state index in [1.807, 2.05) is 50.2 Å². The molecule has 156 valence electrons. The number of benzene rings is 2. The Morgan fingerprint density at radius 1 is 1.13 bits per heavy atom. The van der Waals surface area contributed by atoms with E-state index in [1.165, 1.54) is 0 Å². The highest BCUT2D eigenvalue weighted by atomic mass is 16.6. The summed E-state index contributed by atoms with van der Waals surface area (Å²) in [4.78, 5) is 24.2. The number of fused-ring (bicyclic) bond motifs is 2. The molecular formula is C23H23NO6. The summed E-state index contributed by atoms with van der Waals surface area (Å²) in [6.07, 6.45) is 1.30. The third-order valence-corrected chi connectivity index (χ3v) is 5.14. The van der Waals surface area contributed by atoms with Crippen LogP contribution in [0.4, 0.5) is 0 Å². The number of hydrogen-bond acceptors (Lipinski definition) is 6. The molecule has 0 aliphatic carbocycles. The standard InChI is InChI=1S/C23H23NO6/c1-14-7-8-18-16(11-29-23(18)15(14)2)9-22(26)28-13-21(25)24-10-17-12-27-19-5-3-4-6-20(19)30-17/h3-8,11,17H,9-10,12-13H2,1-2H3,(H,24,25)/t17-/m0/s1. The van der Waals surface area contributed by atoms with Crippen LogP contribution in [0.5, 0.6) is 11.5 Å². The molecule has 1 aromatic heterocycles. The number of carbonyl (C=O) groups excluding carboxylic acids is 2. The minimum atomic E-state index is -0.489. The zero-order chi connectivity index (χ0) is 21.1. The minimum absolute atomic E-state index is 0.0408. The fraction of sp³-hybridized carbons (Fsp3) is 0.304. The fourth-order valence-corrected chi connectivity index (χ4v) is 3.32. The van der Waals surface area contributed by atoms with E-state index in [4.69, 9.17) is 18.6 Å². The van der Waals surface area contributed by atoms with Crippen LogP contribution in [0.25, 0.3) is 11.0 Å². The molecule has 1 amide bonds. The molecule has 0 radical (unpaired) electrons. The van der Waals surface area contributed by atoms with Crippen LogP contribution in [0.2, 0.25) is 0 Å². The predicted molar refractivity (Wildman–Crippen MR) is 110 cm³/mol. The first kappa shape index (κ1) is 19.8. The number of carbonyl (C=O) groups is 2. The van der Waals surface area contributed by atoms with Crippen molar-refractivity contribution in [3.63, 3.8) is 0 Å². The molecule has 3 aromatic rings. The molecule has 1 atom stereocenters. The SMILES string of the molecule is Cc1ccc2c(CC(=O)OCC(=O)NC[C@H]3COc4ccccc4O3)coc2c1C. The molecule has 1 aliphatic rings. The molecule has 2 heterocycles. The van der Waals surface area contributed by atoms with Crippen molar-refractivity contribution < 1.29 is 28.2 Å². The van der Waals surface area contributed by atoms with Crippen molar-refractivity contribution in [2.24, 2.45) is 0 Å². The van der Waals surface area contributed by atoms with Crippen molar-refractivity contribution >= 4 is 22.8 Å². The average molecular weight is 409 g/mol. The number of nitrogens with one attached hydrogen (secondary N) is 1. The van der Waals surface area contributed by atoms with Crippen molar-refractivity contribution in [2.75, 3.05) is 19.8 Å². The summed E-state index contributed by atoms with van der Waals surface area (Å²) in [5.41, 5.74) is 3.68. The van der Waals surface area contributed by atoms with Crippen molar-refractivity contribution in [3.8, 4) is 11.5 Å². The molecule has 7 heteroatoms. The first-order valence-corrected chi connectivity index (χ1v) is 9.78. The molecule has 0 bridgehead atoms. The number of amides is 1. The molecule has 1 aliphatic heterocycles. The van der Waals surface area contributed by atoms with Gasteiger partial charge in [0.15, 0.2) is 18.1 Å².